The van der Waals surface area contributed by atoms with Gasteiger partial charge < -0.3 is 15.7 Å². The molecule has 2 rings (SSSR count). The van der Waals surface area contributed by atoms with Crippen LogP contribution in [-0.2, 0) is 11.2 Å². The predicted molar refractivity (Wildman–Crippen MR) is 75.8 cm³/mol. The molecule has 5 heteroatoms. The molecule has 0 saturated heterocycles. The van der Waals surface area contributed by atoms with Gasteiger partial charge in [0.1, 0.15) is 0 Å². The Morgan fingerprint density at radius 3 is 2.80 bits per heavy atom. The lowest BCUT2D eigenvalue weighted by molar-refractivity contribution is -0.137. The Hall–Kier alpha value is -2.04. The SMILES string of the molecule is CCC(CC(=O)O)NC(=O)NCC1Cc2ccccc21. The smallest absolute Gasteiger partial charge is 0.315 e. The van der Waals surface area contributed by atoms with Crippen molar-refractivity contribution in [2.45, 2.75) is 38.1 Å². The van der Waals surface area contributed by atoms with E-state index in [1.165, 1.54) is 11.1 Å². The normalized spacial score (nSPS) is 17.6. The number of benzene rings is 1. The van der Waals surface area contributed by atoms with Crippen LogP contribution in [0.5, 0.6) is 0 Å². The molecule has 2 unspecified atom stereocenters. The largest absolute Gasteiger partial charge is 0.481 e. The van der Waals surface area contributed by atoms with Gasteiger partial charge in [-0.2, -0.15) is 0 Å². The highest BCUT2D eigenvalue weighted by atomic mass is 16.4. The van der Waals surface area contributed by atoms with Crippen molar-refractivity contribution in [3.63, 3.8) is 0 Å². The summed E-state index contributed by atoms with van der Waals surface area (Å²) in [5, 5.41) is 14.2. The molecule has 108 valence electrons. The second-order valence-electron chi connectivity index (χ2n) is 5.16. The summed E-state index contributed by atoms with van der Waals surface area (Å²) >= 11 is 0. The molecule has 0 heterocycles. The van der Waals surface area contributed by atoms with Gasteiger partial charge in [-0.05, 0) is 24.0 Å². The van der Waals surface area contributed by atoms with E-state index in [4.69, 9.17) is 5.11 Å². The molecule has 0 spiro atoms. The van der Waals surface area contributed by atoms with E-state index in [1.54, 1.807) is 0 Å². The van der Waals surface area contributed by atoms with Gasteiger partial charge in [0, 0.05) is 18.5 Å². The first-order valence-electron chi connectivity index (χ1n) is 6.94. The second-order valence-corrected chi connectivity index (χ2v) is 5.16. The van der Waals surface area contributed by atoms with Gasteiger partial charge in [-0.15, -0.1) is 0 Å². The van der Waals surface area contributed by atoms with Crippen molar-refractivity contribution >= 4 is 12.0 Å². The molecular weight excluding hydrogens is 256 g/mol. The van der Waals surface area contributed by atoms with Gasteiger partial charge in [0.15, 0.2) is 0 Å². The monoisotopic (exact) mass is 276 g/mol. The standard InChI is InChI=1S/C15H20N2O3/c1-2-12(8-14(18)19)17-15(20)16-9-11-7-10-5-3-4-6-13(10)11/h3-6,11-12H,2,7-9H2,1H3,(H,18,19)(H2,16,17,20). The average molecular weight is 276 g/mol. The molecule has 1 aromatic carbocycles. The van der Waals surface area contributed by atoms with Crippen molar-refractivity contribution in [3.8, 4) is 0 Å². The Bertz CT molecular complexity index is 502. The summed E-state index contributed by atoms with van der Waals surface area (Å²) in [4.78, 5) is 22.4. The zero-order valence-corrected chi connectivity index (χ0v) is 11.6. The highest BCUT2D eigenvalue weighted by Crippen LogP contribution is 2.33. The number of fused-ring (bicyclic) bond motifs is 1. The zero-order chi connectivity index (χ0) is 14.5. The number of nitrogens with one attached hydrogen (secondary N) is 2. The van der Waals surface area contributed by atoms with E-state index in [0.717, 1.165) is 6.42 Å². The third-order valence-electron chi connectivity index (χ3n) is 3.72. The second kappa shape index (κ2) is 6.41. The van der Waals surface area contributed by atoms with E-state index >= 15 is 0 Å². The zero-order valence-electron chi connectivity index (χ0n) is 11.6. The van der Waals surface area contributed by atoms with Gasteiger partial charge in [0.05, 0.1) is 6.42 Å². The van der Waals surface area contributed by atoms with Crippen LogP contribution in [0.15, 0.2) is 24.3 Å². The molecule has 2 amide bonds. The van der Waals surface area contributed by atoms with Crippen molar-refractivity contribution in [2.75, 3.05) is 6.54 Å². The van der Waals surface area contributed by atoms with Crippen molar-refractivity contribution in [1.82, 2.24) is 10.6 Å². The molecule has 0 aromatic heterocycles. The van der Waals surface area contributed by atoms with Crippen molar-refractivity contribution in [1.29, 1.82) is 0 Å². The number of carboxylic acid groups (broad SMARTS) is 1. The van der Waals surface area contributed by atoms with Crippen LogP contribution < -0.4 is 10.6 Å². The first-order valence-corrected chi connectivity index (χ1v) is 6.94. The predicted octanol–water partition coefficient (Wildman–Crippen LogP) is 1.88. The number of aliphatic carboxylic acids is 1. The van der Waals surface area contributed by atoms with E-state index < -0.39 is 5.97 Å². The first kappa shape index (κ1) is 14.4. The maximum Gasteiger partial charge on any atom is 0.315 e. The van der Waals surface area contributed by atoms with E-state index in [2.05, 4.69) is 22.8 Å². The fourth-order valence-corrected chi connectivity index (χ4v) is 2.51. The Kier molecular flexibility index (Phi) is 4.61. The summed E-state index contributed by atoms with van der Waals surface area (Å²) in [6, 6.07) is 7.61. The number of amides is 2. The van der Waals surface area contributed by atoms with Crippen molar-refractivity contribution in [3.05, 3.63) is 35.4 Å². The first-order chi connectivity index (χ1) is 9.60. The molecule has 0 saturated carbocycles. The van der Waals surface area contributed by atoms with E-state index in [-0.39, 0.29) is 18.5 Å². The van der Waals surface area contributed by atoms with Crippen LogP contribution in [0.2, 0.25) is 0 Å². The molecule has 1 aliphatic rings. The van der Waals surface area contributed by atoms with Crippen LogP contribution in [0.3, 0.4) is 0 Å². The number of hydrogen-bond donors (Lipinski definition) is 3. The number of carbonyl (C=O) groups is 2. The Morgan fingerprint density at radius 2 is 2.15 bits per heavy atom. The van der Waals surface area contributed by atoms with Crippen LogP contribution in [0.25, 0.3) is 0 Å². The molecule has 0 radical (unpaired) electrons. The van der Waals surface area contributed by atoms with Crippen molar-refractivity contribution in [2.24, 2.45) is 0 Å². The lowest BCUT2D eigenvalue weighted by atomic mass is 9.78. The summed E-state index contributed by atoms with van der Waals surface area (Å²) in [5.41, 5.74) is 2.64. The van der Waals surface area contributed by atoms with Crippen LogP contribution >= 0.6 is 0 Å². The minimum Gasteiger partial charge on any atom is -0.481 e. The Balaban J connectivity index is 1.75. The van der Waals surface area contributed by atoms with Gasteiger partial charge in [0.25, 0.3) is 0 Å². The molecule has 5 nitrogen and oxygen atoms in total. The molecule has 3 N–H and O–H groups in total. The highest BCUT2D eigenvalue weighted by Gasteiger charge is 2.25. The van der Waals surface area contributed by atoms with Gasteiger partial charge >= 0.3 is 12.0 Å². The van der Waals surface area contributed by atoms with Crippen LogP contribution in [0.4, 0.5) is 4.79 Å². The van der Waals surface area contributed by atoms with Crippen LogP contribution in [-0.4, -0.2) is 29.7 Å². The van der Waals surface area contributed by atoms with Gasteiger partial charge in [-0.25, -0.2) is 4.79 Å². The third kappa shape index (κ3) is 3.50. The molecular formula is C15H20N2O3. The lowest BCUT2D eigenvalue weighted by Gasteiger charge is -2.30. The van der Waals surface area contributed by atoms with E-state index in [0.29, 0.717) is 18.9 Å². The van der Waals surface area contributed by atoms with Gasteiger partial charge in [0.2, 0.25) is 0 Å². The van der Waals surface area contributed by atoms with Crippen LogP contribution in [0.1, 0.15) is 36.8 Å². The molecule has 0 aliphatic heterocycles. The van der Waals surface area contributed by atoms with Crippen molar-refractivity contribution < 1.29 is 14.7 Å². The Labute approximate surface area is 118 Å². The molecule has 1 aliphatic carbocycles. The van der Waals surface area contributed by atoms with E-state index in [1.807, 2.05) is 19.1 Å². The maximum atomic E-state index is 11.7. The minimum atomic E-state index is -0.898. The molecule has 0 fully saturated rings. The quantitative estimate of drug-likeness (QED) is 0.742. The fraction of sp³-hybridized carbons (Fsp3) is 0.467. The number of hydrogen-bond acceptors (Lipinski definition) is 2. The molecule has 0 bridgehead atoms. The van der Waals surface area contributed by atoms with E-state index in [9.17, 15) is 9.59 Å². The topological polar surface area (TPSA) is 78.4 Å². The average Bonchev–Trinajstić information content (AvgIpc) is 2.38. The summed E-state index contributed by atoms with van der Waals surface area (Å²) in [7, 11) is 0. The summed E-state index contributed by atoms with van der Waals surface area (Å²) < 4.78 is 0. The summed E-state index contributed by atoms with van der Waals surface area (Å²) in [5.74, 6) is -0.526. The Morgan fingerprint density at radius 1 is 1.40 bits per heavy atom. The van der Waals surface area contributed by atoms with Gasteiger partial charge in [-0.1, -0.05) is 31.2 Å². The lowest BCUT2D eigenvalue weighted by Crippen LogP contribution is -2.44. The molecule has 20 heavy (non-hydrogen) atoms. The van der Waals surface area contributed by atoms with Gasteiger partial charge in [-0.3, -0.25) is 4.79 Å². The summed E-state index contributed by atoms with van der Waals surface area (Å²) in [6.07, 6.45) is 1.55. The van der Waals surface area contributed by atoms with Crippen LogP contribution in [0, 0.1) is 0 Å². The number of urea groups is 1. The number of carbonyl (C=O) groups excluding carboxylic acids is 1. The maximum absolute atomic E-state index is 11.7. The fourth-order valence-electron chi connectivity index (χ4n) is 2.51. The third-order valence-corrected chi connectivity index (χ3v) is 3.72. The highest BCUT2D eigenvalue weighted by molar-refractivity contribution is 5.75. The number of rotatable bonds is 6. The minimum absolute atomic E-state index is 0.0455. The summed E-state index contributed by atoms with van der Waals surface area (Å²) in [6.45, 7) is 2.45. The molecule has 2 atom stereocenters. The number of carboxylic acids is 1. The molecule has 1 aromatic rings.